The van der Waals surface area contributed by atoms with Gasteiger partial charge in [0.05, 0.1) is 0 Å². The molecule has 0 saturated heterocycles. The van der Waals surface area contributed by atoms with E-state index in [2.05, 4.69) is 20.1 Å². The molecule has 1 atom stereocenters. The van der Waals surface area contributed by atoms with E-state index in [1.54, 1.807) is 23.6 Å². The number of hydrogen-bond acceptors (Lipinski definition) is 7. The van der Waals surface area contributed by atoms with Gasteiger partial charge in [-0.25, -0.2) is 9.97 Å². The molecule has 2 N–H and O–H groups in total. The minimum absolute atomic E-state index is 0.383. The molecular formula is C12H11N5OS. The fourth-order valence-electron chi connectivity index (χ4n) is 1.64. The number of aryl methyl sites for hydroxylation is 1. The predicted molar refractivity (Wildman–Crippen MR) is 70.4 cm³/mol. The molecule has 19 heavy (non-hydrogen) atoms. The molecule has 7 heteroatoms. The third kappa shape index (κ3) is 2.38. The molecule has 96 valence electrons. The molecule has 3 rings (SSSR count). The molecule has 1 unspecified atom stereocenters. The molecule has 0 aliphatic rings. The van der Waals surface area contributed by atoms with E-state index in [0.717, 1.165) is 4.88 Å². The van der Waals surface area contributed by atoms with Crippen LogP contribution in [0.15, 0.2) is 34.3 Å². The summed E-state index contributed by atoms with van der Waals surface area (Å²) in [5, 5.41) is 5.87. The molecule has 0 aliphatic carbocycles. The summed E-state index contributed by atoms with van der Waals surface area (Å²) in [4.78, 5) is 13.5. The van der Waals surface area contributed by atoms with Crippen molar-refractivity contribution in [2.75, 3.05) is 0 Å². The predicted octanol–water partition coefficient (Wildman–Crippen LogP) is 1.94. The first-order valence-electron chi connectivity index (χ1n) is 5.66. The van der Waals surface area contributed by atoms with Crippen molar-refractivity contribution in [2.24, 2.45) is 5.73 Å². The van der Waals surface area contributed by atoms with Gasteiger partial charge in [0, 0.05) is 11.1 Å². The number of nitrogens with zero attached hydrogens (tertiary/aromatic N) is 4. The van der Waals surface area contributed by atoms with Crippen molar-refractivity contribution in [3.05, 3.63) is 46.4 Å². The number of hydrogen-bond donors (Lipinski definition) is 1. The lowest BCUT2D eigenvalue weighted by molar-refractivity contribution is 0.368. The number of rotatable bonds is 3. The van der Waals surface area contributed by atoms with Crippen molar-refractivity contribution in [3.63, 3.8) is 0 Å². The van der Waals surface area contributed by atoms with Crippen LogP contribution >= 0.6 is 11.3 Å². The maximum atomic E-state index is 6.06. The lowest BCUT2D eigenvalue weighted by Crippen LogP contribution is -2.10. The third-order valence-corrected chi connectivity index (χ3v) is 3.52. The fourth-order valence-corrected chi connectivity index (χ4v) is 2.36. The van der Waals surface area contributed by atoms with Gasteiger partial charge in [-0.15, -0.1) is 11.3 Å². The Balaban J connectivity index is 1.91. The van der Waals surface area contributed by atoms with Crippen LogP contribution in [0.3, 0.4) is 0 Å². The largest absolute Gasteiger partial charge is 0.337 e. The maximum absolute atomic E-state index is 6.06. The summed E-state index contributed by atoms with van der Waals surface area (Å²) in [7, 11) is 0. The van der Waals surface area contributed by atoms with Crippen molar-refractivity contribution in [2.45, 2.75) is 13.0 Å². The van der Waals surface area contributed by atoms with Gasteiger partial charge in [0.2, 0.25) is 11.7 Å². The van der Waals surface area contributed by atoms with E-state index in [9.17, 15) is 0 Å². The minimum atomic E-state index is -0.399. The summed E-state index contributed by atoms with van der Waals surface area (Å²) < 4.78 is 5.20. The van der Waals surface area contributed by atoms with E-state index in [1.807, 2.05) is 24.4 Å². The lowest BCUT2D eigenvalue weighted by Gasteiger charge is -2.01. The first kappa shape index (κ1) is 11.9. The monoisotopic (exact) mass is 273 g/mol. The number of nitrogens with two attached hydrogens (primary N) is 1. The highest BCUT2D eigenvalue weighted by Gasteiger charge is 2.18. The van der Waals surface area contributed by atoms with E-state index in [-0.39, 0.29) is 0 Å². The Morgan fingerprint density at radius 3 is 2.95 bits per heavy atom. The lowest BCUT2D eigenvalue weighted by atomic mass is 10.2. The molecule has 0 spiro atoms. The van der Waals surface area contributed by atoms with Crippen molar-refractivity contribution in [3.8, 4) is 11.5 Å². The molecule has 0 aromatic carbocycles. The Labute approximate surface area is 113 Å². The molecule has 3 heterocycles. The molecule has 6 nitrogen and oxygen atoms in total. The molecule has 0 saturated carbocycles. The highest BCUT2D eigenvalue weighted by atomic mass is 32.1. The zero-order chi connectivity index (χ0) is 13.2. The fraction of sp³-hybridized carbons (Fsp3) is 0.167. The molecule has 0 radical (unpaired) electrons. The zero-order valence-electron chi connectivity index (χ0n) is 10.1. The molecular weight excluding hydrogens is 262 g/mol. The summed E-state index contributed by atoms with van der Waals surface area (Å²) in [5.41, 5.74) is 6.69. The normalized spacial score (nSPS) is 12.5. The van der Waals surface area contributed by atoms with Crippen LogP contribution in [0.4, 0.5) is 0 Å². The highest BCUT2D eigenvalue weighted by Crippen LogP contribution is 2.24. The molecule has 3 aromatic rings. The van der Waals surface area contributed by atoms with E-state index >= 15 is 0 Å². The molecule has 0 bridgehead atoms. The smallest absolute Gasteiger partial charge is 0.249 e. The number of aromatic nitrogens is 4. The van der Waals surface area contributed by atoms with Gasteiger partial charge in [0.1, 0.15) is 17.6 Å². The molecule has 3 aromatic heterocycles. The van der Waals surface area contributed by atoms with Gasteiger partial charge in [-0.1, -0.05) is 11.2 Å². The summed E-state index contributed by atoms with van der Waals surface area (Å²) in [6, 6.07) is 5.21. The van der Waals surface area contributed by atoms with Crippen molar-refractivity contribution in [1.29, 1.82) is 0 Å². The van der Waals surface area contributed by atoms with Crippen LogP contribution in [0, 0.1) is 6.92 Å². The summed E-state index contributed by atoms with van der Waals surface area (Å²) in [5.74, 6) is 1.47. The van der Waals surface area contributed by atoms with Gasteiger partial charge < -0.3 is 10.3 Å². The second-order valence-corrected chi connectivity index (χ2v) is 4.92. The van der Waals surface area contributed by atoms with E-state index in [0.29, 0.717) is 23.2 Å². The van der Waals surface area contributed by atoms with Gasteiger partial charge in [-0.05, 0) is 24.4 Å². The van der Waals surface area contributed by atoms with E-state index in [4.69, 9.17) is 10.3 Å². The Bertz CT molecular complexity index is 679. The van der Waals surface area contributed by atoms with E-state index in [1.165, 1.54) is 0 Å². The average molecular weight is 273 g/mol. The third-order valence-electron chi connectivity index (χ3n) is 2.56. The Hall–Kier alpha value is -2.12. The van der Waals surface area contributed by atoms with Crippen LogP contribution in [0.5, 0.6) is 0 Å². The Morgan fingerprint density at radius 1 is 1.32 bits per heavy atom. The van der Waals surface area contributed by atoms with Gasteiger partial charge >= 0.3 is 0 Å². The van der Waals surface area contributed by atoms with Gasteiger partial charge in [-0.2, -0.15) is 4.98 Å². The zero-order valence-corrected chi connectivity index (χ0v) is 11.0. The topological polar surface area (TPSA) is 90.7 Å². The van der Waals surface area contributed by atoms with Crippen molar-refractivity contribution in [1.82, 2.24) is 20.1 Å². The SMILES string of the molecule is Cc1nccc(-c2noc(C(N)c3cccs3)n2)n1. The van der Waals surface area contributed by atoms with Crippen LogP contribution in [0.25, 0.3) is 11.5 Å². The molecule has 0 aliphatic heterocycles. The van der Waals surface area contributed by atoms with Crippen LogP contribution < -0.4 is 5.73 Å². The van der Waals surface area contributed by atoms with Crippen molar-refractivity contribution >= 4 is 11.3 Å². The van der Waals surface area contributed by atoms with Crippen LogP contribution in [-0.2, 0) is 0 Å². The molecule has 0 amide bonds. The first-order chi connectivity index (χ1) is 9.24. The van der Waals surface area contributed by atoms with Crippen LogP contribution in [0.1, 0.15) is 22.6 Å². The van der Waals surface area contributed by atoms with Gasteiger partial charge in [0.15, 0.2) is 0 Å². The second kappa shape index (κ2) is 4.87. The van der Waals surface area contributed by atoms with Gasteiger partial charge in [-0.3, -0.25) is 0 Å². The molecule has 0 fully saturated rings. The Morgan fingerprint density at radius 2 is 2.21 bits per heavy atom. The van der Waals surface area contributed by atoms with Crippen molar-refractivity contribution < 1.29 is 4.52 Å². The van der Waals surface area contributed by atoms with E-state index < -0.39 is 6.04 Å². The van der Waals surface area contributed by atoms with Gasteiger partial charge in [0.25, 0.3) is 0 Å². The van der Waals surface area contributed by atoms with Crippen LogP contribution in [0.2, 0.25) is 0 Å². The Kier molecular flexibility index (Phi) is 3.06. The number of thiophene rings is 1. The summed E-state index contributed by atoms with van der Waals surface area (Å²) in [6.45, 7) is 1.81. The first-order valence-corrected chi connectivity index (χ1v) is 6.54. The minimum Gasteiger partial charge on any atom is -0.337 e. The summed E-state index contributed by atoms with van der Waals surface area (Å²) in [6.07, 6.45) is 1.66. The standard InChI is InChI=1S/C12H11N5OS/c1-7-14-5-4-8(15-7)11-16-12(18-17-11)10(13)9-3-2-6-19-9/h2-6,10H,13H2,1H3. The summed E-state index contributed by atoms with van der Waals surface area (Å²) >= 11 is 1.55. The van der Waals surface area contributed by atoms with Crippen LogP contribution in [-0.4, -0.2) is 20.1 Å². The average Bonchev–Trinajstić information content (AvgIpc) is 3.10. The second-order valence-electron chi connectivity index (χ2n) is 3.94. The quantitative estimate of drug-likeness (QED) is 0.784. The highest BCUT2D eigenvalue weighted by molar-refractivity contribution is 7.10. The maximum Gasteiger partial charge on any atom is 0.249 e.